The van der Waals surface area contributed by atoms with E-state index in [0.717, 1.165) is 18.4 Å². The summed E-state index contributed by atoms with van der Waals surface area (Å²) in [7, 11) is 0. The number of ketones is 1. The monoisotopic (exact) mass is 326 g/mol. The highest BCUT2D eigenvalue weighted by Gasteiger charge is 2.38. The largest absolute Gasteiger partial charge is 0.471 e. The summed E-state index contributed by atoms with van der Waals surface area (Å²) < 4.78 is 41.5. The third-order valence-electron chi connectivity index (χ3n) is 3.70. The van der Waals surface area contributed by atoms with Crippen LogP contribution in [-0.2, 0) is 17.4 Å². The van der Waals surface area contributed by atoms with Crippen LogP contribution in [0.3, 0.4) is 0 Å². The lowest BCUT2D eigenvalue weighted by Gasteiger charge is -2.10. The van der Waals surface area contributed by atoms with Gasteiger partial charge < -0.3 is 4.52 Å². The van der Waals surface area contributed by atoms with Gasteiger partial charge >= 0.3 is 12.1 Å². The fourth-order valence-electron chi connectivity index (χ4n) is 2.32. The van der Waals surface area contributed by atoms with Crippen LogP contribution in [0, 0.1) is 5.92 Å². The topological polar surface area (TPSA) is 56.0 Å². The summed E-state index contributed by atoms with van der Waals surface area (Å²) in [6.45, 7) is 3.95. The fourth-order valence-corrected chi connectivity index (χ4v) is 2.32. The maximum Gasteiger partial charge on any atom is 0.471 e. The lowest BCUT2D eigenvalue weighted by atomic mass is 9.93. The van der Waals surface area contributed by atoms with E-state index in [9.17, 15) is 18.0 Å². The Morgan fingerprint density at radius 1 is 1.17 bits per heavy atom. The van der Waals surface area contributed by atoms with E-state index in [2.05, 4.69) is 14.7 Å². The van der Waals surface area contributed by atoms with E-state index in [4.69, 9.17) is 0 Å². The van der Waals surface area contributed by atoms with Crippen LogP contribution in [0.5, 0.6) is 0 Å². The van der Waals surface area contributed by atoms with Crippen molar-refractivity contribution < 1.29 is 22.5 Å². The molecular weight excluding hydrogens is 309 g/mol. The van der Waals surface area contributed by atoms with E-state index in [1.54, 1.807) is 24.3 Å². The van der Waals surface area contributed by atoms with Gasteiger partial charge in [-0.15, -0.1) is 0 Å². The third kappa shape index (κ3) is 4.18. The van der Waals surface area contributed by atoms with Crippen molar-refractivity contribution in [2.45, 2.75) is 39.3 Å². The molecule has 1 aromatic carbocycles. The average molecular weight is 326 g/mol. The molecule has 1 aromatic heterocycles. The van der Waals surface area contributed by atoms with E-state index < -0.39 is 12.1 Å². The number of rotatable bonds is 6. The van der Waals surface area contributed by atoms with Gasteiger partial charge in [-0.25, -0.2) is 0 Å². The molecule has 0 fully saturated rings. The van der Waals surface area contributed by atoms with Gasteiger partial charge in [0, 0.05) is 17.9 Å². The molecule has 2 rings (SSSR count). The van der Waals surface area contributed by atoms with Crippen molar-refractivity contribution in [1.29, 1.82) is 0 Å². The number of Topliss-reactive ketones (excluding diaryl/α,β-unsaturated/α-hetero) is 1. The molecule has 0 aliphatic carbocycles. The maximum absolute atomic E-state index is 12.4. The van der Waals surface area contributed by atoms with Gasteiger partial charge in [-0.05, 0) is 18.4 Å². The van der Waals surface area contributed by atoms with Crippen LogP contribution in [0.2, 0.25) is 0 Å². The first-order valence-corrected chi connectivity index (χ1v) is 7.38. The number of hydrogen-bond donors (Lipinski definition) is 0. The molecule has 0 bridgehead atoms. The van der Waals surface area contributed by atoms with Crippen LogP contribution < -0.4 is 0 Å². The molecule has 2 aromatic rings. The van der Waals surface area contributed by atoms with Crippen LogP contribution in [0.4, 0.5) is 13.2 Å². The minimum Gasteiger partial charge on any atom is -0.329 e. The van der Waals surface area contributed by atoms with Gasteiger partial charge in [-0.3, -0.25) is 4.79 Å². The van der Waals surface area contributed by atoms with E-state index in [0.29, 0.717) is 12.0 Å². The van der Waals surface area contributed by atoms with Gasteiger partial charge in [-0.1, -0.05) is 43.3 Å². The molecule has 7 heteroatoms. The second kappa shape index (κ2) is 6.93. The minimum absolute atomic E-state index is 0.0428. The standard InChI is InChI=1S/C16H17F3N2O2/c1-3-11(4-2)13(22)9-10-5-7-12(8-6-10)14-20-15(23-21-14)16(17,18)19/h5-8,11H,3-4,9H2,1-2H3. The molecule has 23 heavy (non-hydrogen) atoms. The van der Waals surface area contributed by atoms with E-state index in [-0.39, 0.29) is 17.5 Å². The Morgan fingerprint density at radius 2 is 1.78 bits per heavy atom. The van der Waals surface area contributed by atoms with E-state index >= 15 is 0 Å². The number of carbonyl (C=O) groups excluding carboxylic acids is 1. The molecule has 1 heterocycles. The number of carbonyl (C=O) groups is 1. The SMILES string of the molecule is CCC(CC)C(=O)Cc1ccc(-c2noc(C(F)(F)F)n2)cc1. The van der Waals surface area contributed by atoms with Crippen LogP contribution in [-0.4, -0.2) is 15.9 Å². The fraction of sp³-hybridized carbons (Fsp3) is 0.438. The normalized spacial score (nSPS) is 11.9. The van der Waals surface area contributed by atoms with Crippen molar-refractivity contribution in [3.05, 3.63) is 35.7 Å². The van der Waals surface area contributed by atoms with Crippen molar-refractivity contribution in [1.82, 2.24) is 10.1 Å². The first kappa shape index (κ1) is 17.2. The Labute approximate surface area is 131 Å². The van der Waals surface area contributed by atoms with Gasteiger partial charge in [0.2, 0.25) is 5.82 Å². The van der Waals surface area contributed by atoms with Crippen molar-refractivity contribution in [2.24, 2.45) is 5.92 Å². The quantitative estimate of drug-likeness (QED) is 0.794. The molecule has 0 saturated carbocycles. The molecule has 0 atom stereocenters. The molecule has 0 spiro atoms. The average Bonchev–Trinajstić information content (AvgIpc) is 2.99. The highest BCUT2D eigenvalue weighted by atomic mass is 19.4. The molecule has 0 unspecified atom stereocenters. The first-order chi connectivity index (χ1) is 10.8. The number of nitrogens with zero attached hydrogens (tertiary/aromatic N) is 2. The van der Waals surface area contributed by atoms with Crippen LogP contribution >= 0.6 is 0 Å². The van der Waals surface area contributed by atoms with Crippen molar-refractivity contribution in [3.63, 3.8) is 0 Å². The number of benzene rings is 1. The summed E-state index contributed by atoms with van der Waals surface area (Å²) >= 11 is 0. The van der Waals surface area contributed by atoms with Crippen LogP contribution in [0.1, 0.15) is 38.1 Å². The van der Waals surface area contributed by atoms with E-state index in [1.807, 2.05) is 13.8 Å². The van der Waals surface area contributed by atoms with Gasteiger partial charge in [0.05, 0.1) is 0 Å². The number of aromatic nitrogens is 2. The number of halogens is 3. The molecule has 4 nitrogen and oxygen atoms in total. The van der Waals surface area contributed by atoms with Gasteiger partial charge in [-0.2, -0.15) is 18.2 Å². The summed E-state index contributed by atoms with van der Waals surface area (Å²) in [5.41, 5.74) is 1.22. The molecule has 0 amide bonds. The smallest absolute Gasteiger partial charge is 0.329 e. The van der Waals surface area contributed by atoms with Crippen molar-refractivity contribution >= 4 is 5.78 Å². The third-order valence-corrected chi connectivity index (χ3v) is 3.70. The first-order valence-electron chi connectivity index (χ1n) is 7.38. The lowest BCUT2D eigenvalue weighted by Crippen LogP contribution is -2.15. The predicted molar refractivity (Wildman–Crippen MR) is 77.5 cm³/mol. The van der Waals surface area contributed by atoms with E-state index in [1.165, 1.54) is 0 Å². The summed E-state index contributed by atoms with van der Waals surface area (Å²) in [5.74, 6) is -1.29. The molecule has 0 radical (unpaired) electrons. The maximum atomic E-state index is 12.4. The zero-order valence-corrected chi connectivity index (χ0v) is 12.9. The molecule has 0 N–H and O–H groups in total. The summed E-state index contributed by atoms with van der Waals surface area (Å²) in [6, 6.07) is 6.56. The molecule has 0 aliphatic heterocycles. The molecule has 124 valence electrons. The van der Waals surface area contributed by atoms with Gasteiger partial charge in [0.15, 0.2) is 0 Å². The Hall–Kier alpha value is -2.18. The molecule has 0 saturated heterocycles. The second-order valence-corrected chi connectivity index (χ2v) is 5.27. The summed E-state index contributed by atoms with van der Waals surface area (Å²) in [6.07, 6.45) is -2.74. The van der Waals surface area contributed by atoms with Crippen LogP contribution in [0.25, 0.3) is 11.4 Å². The van der Waals surface area contributed by atoms with Crippen molar-refractivity contribution in [2.75, 3.05) is 0 Å². The van der Waals surface area contributed by atoms with Gasteiger partial charge in [0.1, 0.15) is 5.78 Å². The number of hydrogen-bond acceptors (Lipinski definition) is 4. The van der Waals surface area contributed by atoms with Gasteiger partial charge in [0.25, 0.3) is 0 Å². The molecular formula is C16H17F3N2O2. The summed E-state index contributed by atoms with van der Waals surface area (Å²) in [4.78, 5) is 15.4. The Balaban J connectivity index is 2.10. The zero-order chi connectivity index (χ0) is 17.0. The predicted octanol–water partition coefficient (Wildman–Crippen LogP) is 4.30. The minimum atomic E-state index is -4.66. The Morgan fingerprint density at radius 3 is 2.26 bits per heavy atom. The highest BCUT2D eigenvalue weighted by Crippen LogP contribution is 2.29. The number of alkyl halides is 3. The van der Waals surface area contributed by atoms with Crippen molar-refractivity contribution in [3.8, 4) is 11.4 Å². The Bertz CT molecular complexity index is 659. The highest BCUT2D eigenvalue weighted by molar-refractivity contribution is 5.83. The lowest BCUT2D eigenvalue weighted by molar-refractivity contribution is -0.159. The zero-order valence-electron chi connectivity index (χ0n) is 12.9. The Kier molecular flexibility index (Phi) is 5.18. The molecule has 0 aliphatic rings. The summed E-state index contributed by atoms with van der Waals surface area (Å²) in [5, 5.41) is 3.33. The second-order valence-electron chi connectivity index (χ2n) is 5.27. The van der Waals surface area contributed by atoms with Crippen LogP contribution in [0.15, 0.2) is 28.8 Å².